The minimum Gasteiger partial charge on any atom is -0.340 e. The van der Waals surface area contributed by atoms with Crippen LogP contribution in [0.15, 0.2) is 30.3 Å². The predicted octanol–water partition coefficient (Wildman–Crippen LogP) is 3.13. The molecule has 0 aliphatic heterocycles. The lowest BCUT2D eigenvalue weighted by Gasteiger charge is -2.17. The molecular formula is C14H14N2OS. The second-order valence-electron chi connectivity index (χ2n) is 4.36. The van der Waals surface area contributed by atoms with Gasteiger partial charge in [0.2, 0.25) is 0 Å². The number of nitrogens with zero attached hydrogens (tertiary/aromatic N) is 2. The van der Waals surface area contributed by atoms with Crippen LogP contribution in [0.25, 0.3) is 10.1 Å². The Bertz CT molecular complexity index is 579. The van der Waals surface area contributed by atoms with Crippen LogP contribution in [0.3, 0.4) is 0 Å². The third kappa shape index (κ3) is 2.52. The fraction of sp³-hybridized carbons (Fsp3) is 0.286. The first-order valence-electron chi connectivity index (χ1n) is 5.75. The van der Waals surface area contributed by atoms with Gasteiger partial charge in [-0.3, -0.25) is 4.79 Å². The van der Waals surface area contributed by atoms with Crippen LogP contribution < -0.4 is 0 Å². The van der Waals surface area contributed by atoms with Gasteiger partial charge < -0.3 is 4.90 Å². The molecule has 1 amide bonds. The van der Waals surface area contributed by atoms with Crippen LogP contribution in [0.4, 0.5) is 0 Å². The molecule has 0 saturated heterocycles. The summed E-state index contributed by atoms with van der Waals surface area (Å²) in [5.74, 6) is -0.161. The van der Waals surface area contributed by atoms with E-state index in [-0.39, 0.29) is 11.8 Å². The van der Waals surface area contributed by atoms with Crippen molar-refractivity contribution in [1.82, 2.24) is 4.90 Å². The third-order valence-electron chi connectivity index (χ3n) is 2.75. The molecule has 4 heteroatoms. The Balaban J connectivity index is 2.20. The molecule has 2 rings (SSSR count). The van der Waals surface area contributed by atoms with Crippen LogP contribution in [0.2, 0.25) is 0 Å². The van der Waals surface area contributed by atoms with Gasteiger partial charge in [-0.25, -0.2) is 0 Å². The van der Waals surface area contributed by atoms with Crippen molar-refractivity contribution < 1.29 is 4.79 Å². The SMILES string of the molecule is CC(C#N)CN(C)C(=O)c1cc2ccccc2s1. The average molecular weight is 258 g/mol. The second-order valence-corrected chi connectivity index (χ2v) is 5.45. The third-order valence-corrected chi connectivity index (χ3v) is 3.86. The van der Waals surface area contributed by atoms with Gasteiger partial charge in [0.1, 0.15) is 0 Å². The summed E-state index contributed by atoms with van der Waals surface area (Å²) in [7, 11) is 1.74. The minimum atomic E-state index is -0.145. The Labute approximate surface area is 110 Å². The molecule has 3 nitrogen and oxygen atoms in total. The number of fused-ring (bicyclic) bond motifs is 1. The molecule has 2 aromatic rings. The summed E-state index contributed by atoms with van der Waals surface area (Å²) in [5.41, 5.74) is 0. The Morgan fingerprint density at radius 2 is 2.22 bits per heavy atom. The van der Waals surface area contributed by atoms with Crippen LogP contribution in [0.1, 0.15) is 16.6 Å². The van der Waals surface area contributed by atoms with Crippen molar-refractivity contribution in [3.8, 4) is 6.07 Å². The molecule has 1 atom stereocenters. The summed E-state index contributed by atoms with van der Waals surface area (Å²) in [5, 5.41) is 9.86. The monoisotopic (exact) mass is 258 g/mol. The van der Waals surface area contributed by atoms with Gasteiger partial charge in [-0.1, -0.05) is 18.2 Å². The zero-order valence-electron chi connectivity index (χ0n) is 10.4. The number of hydrogen-bond acceptors (Lipinski definition) is 3. The molecule has 0 N–H and O–H groups in total. The highest BCUT2D eigenvalue weighted by atomic mass is 32.1. The molecule has 92 valence electrons. The van der Waals surface area contributed by atoms with E-state index in [1.807, 2.05) is 37.3 Å². The summed E-state index contributed by atoms with van der Waals surface area (Å²) in [4.78, 5) is 14.5. The maximum Gasteiger partial charge on any atom is 0.263 e. The molecule has 18 heavy (non-hydrogen) atoms. The van der Waals surface area contributed by atoms with E-state index in [1.165, 1.54) is 11.3 Å². The van der Waals surface area contributed by atoms with E-state index in [4.69, 9.17) is 5.26 Å². The van der Waals surface area contributed by atoms with Gasteiger partial charge in [-0.05, 0) is 24.4 Å². The van der Waals surface area contributed by atoms with Crippen LogP contribution in [-0.2, 0) is 0 Å². The standard InChI is InChI=1S/C14H14N2OS/c1-10(8-15)9-16(2)14(17)13-7-11-5-3-4-6-12(11)18-13/h3-7,10H,9H2,1-2H3. The quantitative estimate of drug-likeness (QED) is 0.849. The van der Waals surface area contributed by atoms with E-state index in [0.29, 0.717) is 6.54 Å². The fourth-order valence-electron chi connectivity index (χ4n) is 1.81. The maximum atomic E-state index is 12.2. The zero-order chi connectivity index (χ0) is 13.1. The smallest absolute Gasteiger partial charge is 0.263 e. The molecule has 0 aliphatic carbocycles. The van der Waals surface area contributed by atoms with Gasteiger partial charge in [-0.2, -0.15) is 5.26 Å². The lowest BCUT2D eigenvalue weighted by molar-refractivity contribution is 0.0790. The van der Waals surface area contributed by atoms with Crippen molar-refractivity contribution in [2.45, 2.75) is 6.92 Å². The molecule has 1 unspecified atom stereocenters. The normalized spacial score (nSPS) is 12.1. The summed E-state index contributed by atoms with van der Waals surface area (Å²) in [6.45, 7) is 2.28. The van der Waals surface area contributed by atoms with E-state index in [1.54, 1.807) is 11.9 Å². The molecule has 1 aromatic heterocycles. The van der Waals surface area contributed by atoms with Gasteiger partial charge in [0.25, 0.3) is 5.91 Å². The number of thiophene rings is 1. The van der Waals surface area contributed by atoms with Gasteiger partial charge in [-0.15, -0.1) is 11.3 Å². The minimum absolute atomic E-state index is 0.0155. The molecule has 0 bridgehead atoms. The van der Waals surface area contributed by atoms with Gasteiger partial charge in [0.05, 0.1) is 16.9 Å². The first-order chi connectivity index (χ1) is 8.61. The van der Waals surface area contributed by atoms with Gasteiger partial charge in [0.15, 0.2) is 0 Å². The molecule has 0 radical (unpaired) electrons. The highest BCUT2D eigenvalue weighted by Crippen LogP contribution is 2.26. The maximum absolute atomic E-state index is 12.2. The van der Waals surface area contributed by atoms with E-state index in [9.17, 15) is 4.79 Å². The zero-order valence-corrected chi connectivity index (χ0v) is 11.2. The average Bonchev–Trinajstić information content (AvgIpc) is 2.81. The highest BCUT2D eigenvalue weighted by Gasteiger charge is 2.16. The van der Waals surface area contributed by atoms with E-state index in [0.717, 1.165) is 15.0 Å². The summed E-state index contributed by atoms with van der Waals surface area (Å²) < 4.78 is 1.11. The Hall–Kier alpha value is -1.86. The van der Waals surface area contributed by atoms with E-state index in [2.05, 4.69) is 6.07 Å². The summed E-state index contributed by atoms with van der Waals surface area (Å²) >= 11 is 1.49. The predicted molar refractivity (Wildman–Crippen MR) is 73.6 cm³/mol. The lowest BCUT2D eigenvalue weighted by Crippen LogP contribution is -2.30. The van der Waals surface area contributed by atoms with Crippen molar-refractivity contribution in [1.29, 1.82) is 5.26 Å². The number of carbonyl (C=O) groups excluding carboxylic acids is 1. The Morgan fingerprint density at radius 3 is 2.89 bits per heavy atom. The highest BCUT2D eigenvalue weighted by molar-refractivity contribution is 7.20. The molecule has 0 saturated carbocycles. The summed E-state index contributed by atoms with van der Waals surface area (Å²) in [6, 6.07) is 12.0. The van der Waals surface area contributed by atoms with Crippen LogP contribution in [0.5, 0.6) is 0 Å². The van der Waals surface area contributed by atoms with Crippen molar-refractivity contribution >= 4 is 27.3 Å². The number of amides is 1. The number of nitriles is 1. The Kier molecular flexibility index (Phi) is 3.63. The molecule has 0 aliphatic rings. The van der Waals surface area contributed by atoms with Crippen LogP contribution >= 0.6 is 11.3 Å². The molecule has 0 spiro atoms. The fourth-order valence-corrected chi connectivity index (χ4v) is 2.87. The van der Waals surface area contributed by atoms with Crippen molar-refractivity contribution in [2.24, 2.45) is 5.92 Å². The van der Waals surface area contributed by atoms with E-state index >= 15 is 0 Å². The molecule has 1 heterocycles. The molecular weight excluding hydrogens is 244 g/mol. The number of carbonyl (C=O) groups is 1. The number of rotatable bonds is 3. The van der Waals surface area contributed by atoms with Crippen molar-refractivity contribution in [3.63, 3.8) is 0 Å². The second kappa shape index (κ2) is 5.19. The van der Waals surface area contributed by atoms with Gasteiger partial charge in [0, 0.05) is 18.3 Å². The number of hydrogen-bond donors (Lipinski definition) is 0. The van der Waals surface area contributed by atoms with Crippen LogP contribution in [0, 0.1) is 17.2 Å². The van der Waals surface area contributed by atoms with E-state index < -0.39 is 0 Å². The lowest BCUT2D eigenvalue weighted by atomic mass is 10.2. The Morgan fingerprint density at radius 1 is 1.50 bits per heavy atom. The van der Waals surface area contributed by atoms with Crippen LogP contribution in [-0.4, -0.2) is 24.4 Å². The number of benzene rings is 1. The molecule has 0 fully saturated rings. The van der Waals surface area contributed by atoms with Crippen molar-refractivity contribution in [2.75, 3.05) is 13.6 Å². The molecule has 1 aromatic carbocycles. The van der Waals surface area contributed by atoms with Crippen molar-refractivity contribution in [3.05, 3.63) is 35.2 Å². The van der Waals surface area contributed by atoms with Gasteiger partial charge >= 0.3 is 0 Å². The largest absolute Gasteiger partial charge is 0.340 e. The first-order valence-corrected chi connectivity index (χ1v) is 6.57. The first kappa shape index (κ1) is 12.6. The topological polar surface area (TPSA) is 44.1 Å². The summed E-state index contributed by atoms with van der Waals surface area (Å²) in [6.07, 6.45) is 0.